The Kier molecular flexibility index (Phi) is 11.1. The van der Waals surface area contributed by atoms with Gasteiger partial charge in [0.15, 0.2) is 18.3 Å². The van der Waals surface area contributed by atoms with Crippen LogP contribution < -0.4 is 0 Å². The van der Waals surface area contributed by atoms with E-state index in [9.17, 15) is 29.4 Å². The highest BCUT2D eigenvalue weighted by atomic mass is 16.6. The number of aromatic nitrogens is 4. The quantitative estimate of drug-likeness (QED) is 0.165. The highest BCUT2D eigenvalue weighted by Gasteiger charge is 2.43. The first kappa shape index (κ1) is 31.3. The summed E-state index contributed by atoms with van der Waals surface area (Å²) in [6.07, 6.45) is 3.28. The largest absolute Gasteiger partial charge is 0.458 e. The third kappa shape index (κ3) is 8.47. The molecule has 14 nitrogen and oxygen atoms in total. The van der Waals surface area contributed by atoms with Crippen LogP contribution in [0.5, 0.6) is 0 Å². The fourth-order valence-corrected chi connectivity index (χ4v) is 3.78. The van der Waals surface area contributed by atoms with Gasteiger partial charge in [0.2, 0.25) is 0 Å². The first-order valence-corrected chi connectivity index (χ1v) is 13.1. The van der Waals surface area contributed by atoms with Crippen LogP contribution >= 0.6 is 0 Å². The molecule has 0 amide bonds. The minimum atomic E-state index is -1.86. The van der Waals surface area contributed by atoms with Crippen LogP contribution in [-0.4, -0.2) is 91.7 Å². The molecule has 44 heavy (non-hydrogen) atoms. The van der Waals surface area contributed by atoms with Crippen LogP contribution in [0.4, 0.5) is 0 Å². The van der Waals surface area contributed by atoms with Crippen LogP contribution in [0.1, 0.15) is 41.4 Å². The molecule has 0 radical (unpaired) electrons. The molecule has 226 valence electrons. The molecule has 0 aromatic carbocycles. The van der Waals surface area contributed by atoms with Crippen molar-refractivity contribution in [3.05, 3.63) is 120 Å². The van der Waals surface area contributed by atoms with Crippen molar-refractivity contribution in [1.29, 1.82) is 0 Å². The van der Waals surface area contributed by atoms with E-state index in [-0.39, 0.29) is 22.3 Å². The van der Waals surface area contributed by atoms with Crippen molar-refractivity contribution < 1.29 is 48.3 Å². The van der Waals surface area contributed by atoms with E-state index >= 15 is 0 Å². The molecule has 0 aliphatic carbocycles. The molecule has 14 heteroatoms. The zero-order valence-electron chi connectivity index (χ0n) is 22.9. The van der Waals surface area contributed by atoms with Gasteiger partial charge < -0.3 is 29.2 Å². The summed E-state index contributed by atoms with van der Waals surface area (Å²) in [5, 5.41) is 20.7. The highest BCUT2D eigenvalue weighted by molar-refractivity contribution is 5.91. The average Bonchev–Trinajstić information content (AvgIpc) is 3.09. The third-order valence-corrected chi connectivity index (χ3v) is 5.97. The molecule has 0 spiro atoms. The van der Waals surface area contributed by atoms with Crippen molar-refractivity contribution in [2.24, 2.45) is 0 Å². The number of esters is 4. The molecule has 4 aromatic heterocycles. The molecule has 2 N–H and O–H groups in total. The normalized spacial score (nSPS) is 13.4. The number of aliphatic hydroxyl groups excluding tert-OH is 2. The Labute approximate surface area is 250 Å². The Balaban J connectivity index is 1.72. The molecule has 0 saturated carbocycles. The molecule has 4 atom stereocenters. The summed E-state index contributed by atoms with van der Waals surface area (Å²) in [6.45, 7) is -1.71. The van der Waals surface area contributed by atoms with Crippen molar-refractivity contribution in [3.8, 4) is 0 Å². The van der Waals surface area contributed by atoms with E-state index in [0.717, 1.165) is 0 Å². The molecular weight excluding hydrogens is 576 g/mol. The Bertz CT molecular complexity index is 1530. The van der Waals surface area contributed by atoms with Gasteiger partial charge in [0.1, 0.15) is 12.7 Å². The predicted molar refractivity (Wildman–Crippen MR) is 148 cm³/mol. The SMILES string of the molecule is O=C(OC[C@@H](OC(=O)c1cccnc1)[C@@H](OC(=O)c1cccnc1)[C@H](OC(=O)c1cccnc1)[C@H](O)CO)c1cccnc1. The number of hydrogen-bond acceptors (Lipinski definition) is 14. The molecule has 0 saturated heterocycles. The van der Waals surface area contributed by atoms with E-state index in [4.69, 9.17) is 18.9 Å². The molecule has 0 unspecified atom stereocenters. The van der Waals surface area contributed by atoms with E-state index in [1.165, 1.54) is 98.1 Å². The minimum absolute atomic E-state index is 0.0139. The summed E-state index contributed by atoms with van der Waals surface area (Å²) in [5.41, 5.74) is -0.0337. The maximum Gasteiger partial charge on any atom is 0.340 e. The topological polar surface area (TPSA) is 197 Å². The van der Waals surface area contributed by atoms with Crippen molar-refractivity contribution in [1.82, 2.24) is 19.9 Å². The van der Waals surface area contributed by atoms with Crippen LogP contribution in [0.25, 0.3) is 0 Å². The average molecular weight is 603 g/mol. The van der Waals surface area contributed by atoms with Gasteiger partial charge >= 0.3 is 23.9 Å². The van der Waals surface area contributed by atoms with E-state index < -0.39 is 61.5 Å². The maximum absolute atomic E-state index is 13.2. The smallest absolute Gasteiger partial charge is 0.340 e. The summed E-state index contributed by atoms with van der Waals surface area (Å²) in [6, 6.07) is 11.5. The van der Waals surface area contributed by atoms with Gasteiger partial charge in [-0.15, -0.1) is 0 Å². The second-order valence-electron chi connectivity index (χ2n) is 9.00. The second-order valence-corrected chi connectivity index (χ2v) is 9.00. The number of hydrogen-bond donors (Lipinski definition) is 2. The Morgan fingerprint density at radius 2 is 0.977 bits per heavy atom. The van der Waals surface area contributed by atoms with Crippen molar-refractivity contribution in [2.75, 3.05) is 13.2 Å². The van der Waals surface area contributed by atoms with Crippen molar-refractivity contribution >= 4 is 23.9 Å². The van der Waals surface area contributed by atoms with Crippen molar-refractivity contribution in [2.45, 2.75) is 24.4 Å². The standard InChI is InChI=1S/C30H26N4O10/c35-17-23(36)25(43-29(39)21-7-3-11-33-15-21)26(44-30(40)22-8-4-12-34-16-22)24(42-28(38)20-6-2-10-32-14-20)18-41-27(37)19-5-1-9-31-13-19/h1-16,23-26,35-36H,17-18H2/t23-,24-,25-,26-/m1/s1. The molecule has 4 aromatic rings. The van der Waals surface area contributed by atoms with Crippen LogP contribution in [0.3, 0.4) is 0 Å². The Hall–Kier alpha value is -5.60. The molecule has 0 aliphatic rings. The van der Waals surface area contributed by atoms with Gasteiger partial charge in [0, 0.05) is 49.6 Å². The first-order chi connectivity index (χ1) is 21.4. The number of rotatable bonds is 13. The molecule has 0 fully saturated rings. The van der Waals surface area contributed by atoms with Gasteiger partial charge in [0.25, 0.3) is 0 Å². The lowest BCUT2D eigenvalue weighted by atomic mass is 10.0. The molecule has 4 rings (SSSR count). The summed E-state index contributed by atoms with van der Waals surface area (Å²) < 4.78 is 22.2. The lowest BCUT2D eigenvalue weighted by Gasteiger charge is -2.34. The van der Waals surface area contributed by atoms with Crippen LogP contribution in [0.15, 0.2) is 98.1 Å². The fraction of sp³-hybridized carbons (Fsp3) is 0.200. The highest BCUT2D eigenvalue weighted by Crippen LogP contribution is 2.22. The fourth-order valence-electron chi connectivity index (χ4n) is 3.78. The van der Waals surface area contributed by atoms with Gasteiger partial charge in [-0.25, -0.2) is 19.2 Å². The predicted octanol–water partition coefficient (Wildman–Crippen LogP) is 1.45. The van der Waals surface area contributed by atoms with Gasteiger partial charge in [-0.2, -0.15) is 0 Å². The van der Waals surface area contributed by atoms with Crippen LogP contribution in [0.2, 0.25) is 0 Å². The Morgan fingerprint density at radius 1 is 0.591 bits per heavy atom. The lowest BCUT2D eigenvalue weighted by molar-refractivity contribution is -0.135. The van der Waals surface area contributed by atoms with Gasteiger partial charge in [-0.05, 0) is 48.5 Å². The summed E-state index contributed by atoms with van der Waals surface area (Å²) in [7, 11) is 0. The minimum Gasteiger partial charge on any atom is -0.458 e. The first-order valence-electron chi connectivity index (χ1n) is 13.1. The number of carbonyl (C=O) groups excluding carboxylic acids is 4. The van der Waals surface area contributed by atoms with E-state index in [1.807, 2.05) is 0 Å². The zero-order chi connectivity index (χ0) is 31.3. The lowest BCUT2D eigenvalue weighted by Crippen LogP contribution is -2.53. The summed E-state index contributed by atoms with van der Waals surface area (Å²) >= 11 is 0. The second kappa shape index (κ2) is 15.6. The summed E-state index contributed by atoms with van der Waals surface area (Å²) in [5.74, 6) is -3.87. The Morgan fingerprint density at radius 3 is 1.36 bits per heavy atom. The maximum atomic E-state index is 13.2. The van der Waals surface area contributed by atoms with Gasteiger partial charge in [-0.3, -0.25) is 19.9 Å². The van der Waals surface area contributed by atoms with Crippen LogP contribution in [0, 0.1) is 0 Å². The number of aliphatic hydroxyl groups is 2. The number of ether oxygens (including phenoxy) is 4. The van der Waals surface area contributed by atoms with E-state index in [2.05, 4.69) is 19.9 Å². The van der Waals surface area contributed by atoms with Crippen molar-refractivity contribution in [3.63, 3.8) is 0 Å². The van der Waals surface area contributed by atoms with Gasteiger partial charge in [-0.1, -0.05) is 0 Å². The molecule has 4 heterocycles. The third-order valence-electron chi connectivity index (χ3n) is 5.97. The number of pyridine rings is 4. The molecular formula is C30H26N4O10. The molecule has 0 aliphatic heterocycles. The summed E-state index contributed by atoms with van der Waals surface area (Å²) in [4.78, 5) is 67.7. The zero-order valence-corrected chi connectivity index (χ0v) is 22.9. The van der Waals surface area contributed by atoms with E-state index in [0.29, 0.717) is 0 Å². The molecule has 0 bridgehead atoms. The van der Waals surface area contributed by atoms with E-state index in [1.54, 1.807) is 0 Å². The van der Waals surface area contributed by atoms with Gasteiger partial charge in [0.05, 0.1) is 28.9 Å². The monoisotopic (exact) mass is 602 g/mol. The van der Waals surface area contributed by atoms with Crippen LogP contribution in [-0.2, 0) is 18.9 Å². The number of nitrogens with zero attached hydrogens (tertiary/aromatic N) is 4. The number of carbonyl (C=O) groups is 4.